The summed E-state index contributed by atoms with van der Waals surface area (Å²) in [6.07, 6.45) is 2.27. The fourth-order valence-electron chi connectivity index (χ4n) is 2.94. The predicted molar refractivity (Wildman–Crippen MR) is 71.7 cm³/mol. The Balaban J connectivity index is 1.68. The standard InChI is InChI=1S/C16H22O2/c1-15(9-17-10-15)7-13-4-3-5-14(6-13)8-16(2)11-18-12-16/h3-6H,7-12H2,1-2H3. The molecule has 2 heteroatoms. The van der Waals surface area contributed by atoms with Gasteiger partial charge in [-0.3, -0.25) is 0 Å². The average Bonchev–Trinajstić information content (AvgIpc) is 2.25. The molecule has 2 aliphatic heterocycles. The zero-order valence-electron chi connectivity index (χ0n) is 11.4. The van der Waals surface area contributed by atoms with Gasteiger partial charge in [0.1, 0.15) is 0 Å². The molecule has 1 aromatic carbocycles. The number of hydrogen-bond acceptors (Lipinski definition) is 2. The second-order valence-electron chi connectivity index (χ2n) is 6.78. The SMILES string of the molecule is CC1(Cc2cccc(CC3(C)COC3)c2)COC1. The van der Waals surface area contributed by atoms with Crippen LogP contribution in [0.1, 0.15) is 25.0 Å². The molecule has 1 aromatic rings. The lowest BCUT2D eigenvalue weighted by atomic mass is 9.79. The van der Waals surface area contributed by atoms with Crippen LogP contribution in [0, 0.1) is 10.8 Å². The third kappa shape index (κ3) is 2.45. The zero-order chi connectivity index (χ0) is 12.6. The number of rotatable bonds is 4. The van der Waals surface area contributed by atoms with E-state index >= 15 is 0 Å². The Labute approximate surface area is 109 Å². The van der Waals surface area contributed by atoms with Crippen molar-refractivity contribution in [3.05, 3.63) is 35.4 Å². The largest absolute Gasteiger partial charge is 0.380 e. The van der Waals surface area contributed by atoms with Crippen molar-refractivity contribution in [2.75, 3.05) is 26.4 Å². The lowest BCUT2D eigenvalue weighted by molar-refractivity contribution is -0.101. The molecule has 0 N–H and O–H groups in total. The van der Waals surface area contributed by atoms with Crippen molar-refractivity contribution < 1.29 is 9.47 Å². The van der Waals surface area contributed by atoms with E-state index in [2.05, 4.69) is 38.1 Å². The molecule has 2 saturated heterocycles. The van der Waals surface area contributed by atoms with E-state index in [0.717, 1.165) is 39.3 Å². The fraction of sp³-hybridized carbons (Fsp3) is 0.625. The molecular formula is C16H22O2. The second kappa shape index (κ2) is 4.36. The van der Waals surface area contributed by atoms with E-state index in [1.165, 1.54) is 11.1 Å². The van der Waals surface area contributed by atoms with Gasteiger partial charge in [0.05, 0.1) is 26.4 Å². The lowest BCUT2D eigenvalue weighted by Gasteiger charge is -2.39. The van der Waals surface area contributed by atoms with Gasteiger partial charge in [-0.05, 0) is 24.0 Å². The summed E-state index contributed by atoms with van der Waals surface area (Å²) in [5, 5.41) is 0. The van der Waals surface area contributed by atoms with Gasteiger partial charge in [-0.15, -0.1) is 0 Å². The summed E-state index contributed by atoms with van der Waals surface area (Å²) in [7, 11) is 0. The molecule has 0 aliphatic carbocycles. The molecule has 98 valence electrons. The quantitative estimate of drug-likeness (QED) is 0.813. The van der Waals surface area contributed by atoms with Gasteiger partial charge in [0.25, 0.3) is 0 Å². The molecule has 0 bridgehead atoms. The molecule has 0 saturated carbocycles. The van der Waals surface area contributed by atoms with Gasteiger partial charge in [-0.1, -0.05) is 38.1 Å². The van der Waals surface area contributed by atoms with Crippen LogP contribution >= 0.6 is 0 Å². The summed E-state index contributed by atoms with van der Waals surface area (Å²) in [5.41, 5.74) is 3.62. The first-order valence-corrected chi connectivity index (χ1v) is 6.80. The van der Waals surface area contributed by atoms with Gasteiger partial charge in [0.15, 0.2) is 0 Å². The van der Waals surface area contributed by atoms with Gasteiger partial charge >= 0.3 is 0 Å². The fourth-order valence-corrected chi connectivity index (χ4v) is 2.94. The van der Waals surface area contributed by atoms with Gasteiger partial charge in [0, 0.05) is 10.8 Å². The summed E-state index contributed by atoms with van der Waals surface area (Å²) < 4.78 is 10.7. The van der Waals surface area contributed by atoms with Crippen molar-refractivity contribution in [1.82, 2.24) is 0 Å². The summed E-state index contributed by atoms with van der Waals surface area (Å²) in [6.45, 7) is 8.24. The first kappa shape index (κ1) is 12.2. The first-order valence-electron chi connectivity index (χ1n) is 6.80. The normalized spacial score (nSPS) is 24.1. The lowest BCUT2D eigenvalue weighted by Crippen LogP contribution is -2.42. The number of benzene rings is 1. The van der Waals surface area contributed by atoms with E-state index in [0.29, 0.717) is 10.8 Å². The Morgan fingerprint density at radius 3 is 1.67 bits per heavy atom. The minimum atomic E-state index is 0.363. The maximum absolute atomic E-state index is 5.33. The smallest absolute Gasteiger partial charge is 0.0545 e. The maximum atomic E-state index is 5.33. The Bertz CT molecular complexity index is 393. The summed E-state index contributed by atoms with van der Waals surface area (Å²) in [4.78, 5) is 0. The van der Waals surface area contributed by atoms with Crippen molar-refractivity contribution in [2.24, 2.45) is 10.8 Å². The van der Waals surface area contributed by atoms with E-state index in [9.17, 15) is 0 Å². The van der Waals surface area contributed by atoms with Crippen LogP contribution in [-0.2, 0) is 22.3 Å². The molecular weight excluding hydrogens is 224 g/mol. The minimum absolute atomic E-state index is 0.363. The Hall–Kier alpha value is -0.860. The first-order chi connectivity index (χ1) is 8.57. The molecule has 2 nitrogen and oxygen atoms in total. The maximum Gasteiger partial charge on any atom is 0.0545 e. The van der Waals surface area contributed by atoms with Crippen LogP contribution in [0.2, 0.25) is 0 Å². The highest BCUT2D eigenvalue weighted by Gasteiger charge is 2.35. The molecule has 0 radical (unpaired) electrons. The molecule has 18 heavy (non-hydrogen) atoms. The van der Waals surface area contributed by atoms with Crippen LogP contribution in [0.5, 0.6) is 0 Å². The van der Waals surface area contributed by atoms with Crippen LogP contribution in [-0.4, -0.2) is 26.4 Å². The van der Waals surface area contributed by atoms with Gasteiger partial charge in [-0.25, -0.2) is 0 Å². The predicted octanol–water partition coefficient (Wildman–Crippen LogP) is 2.84. The van der Waals surface area contributed by atoms with E-state index in [1.54, 1.807) is 0 Å². The van der Waals surface area contributed by atoms with Gasteiger partial charge in [-0.2, -0.15) is 0 Å². The summed E-state index contributed by atoms with van der Waals surface area (Å²) in [5.74, 6) is 0. The molecule has 0 amide bonds. The van der Waals surface area contributed by atoms with E-state index in [1.807, 2.05) is 0 Å². The van der Waals surface area contributed by atoms with Crippen LogP contribution in [0.3, 0.4) is 0 Å². The third-order valence-electron chi connectivity index (χ3n) is 4.06. The number of hydrogen-bond donors (Lipinski definition) is 0. The van der Waals surface area contributed by atoms with Crippen molar-refractivity contribution in [1.29, 1.82) is 0 Å². The van der Waals surface area contributed by atoms with E-state index < -0.39 is 0 Å². The topological polar surface area (TPSA) is 18.5 Å². The number of ether oxygens (including phenoxy) is 2. The Morgan fingerprint density at radius 1 is 0.889 bits per heavy atom. The van der Waals surface area contributed by atoms with Crippen molar-refractivity contribution >= 4 is 0 Å². The Morgan fingerprint density at radius 2 is 1.33 bits per heavy atom. The van der Waals surface area contributed by atoms with Crippen LogP contribution in [0.25, 0.3) is 0 Å². The molecule has 2 aliphatic rings. The molecule has 0 aromatic heterocycles. The minimum Gasteiger partial charge on any atom is -0.380 e. The monoisotopic (exact) mass is 246 g/mol. The van der Waals surface area contributed by atoms with Crippen LogP contribution < -0.4 is 0 Å². The highest BCUT2D eigenvalue weighted by molar-refractivity contribution is 5.26. The highest BCUT2D eigenvalue weighted by Crippen LogP contribution is 2.33. The van der Waals surface area contributed by atoms with E-state index in [-0.39, 0.29) is 0 Å². The van der Waals surface area contributed by atoms with Crippen molar-refractivity contribution in [2.45, 2.75) is 26.7 Å². The average molecular weight is 246 g/mol. The van der Waals surface area contributed by atoms with Crippen molar-refractivity contribution in [3.63, 3.8) is 0 Å². The van der Waals surface area contributed by atoms with Crippen molar-refractivity contribution in [3.8, 4) is 0 Å². The van der Waals surface area contributed by atoms with Gasteiger partial charge < -0.3 is 9.47 Å². The van der Waals surface area contributed by atoms with Crippen LogP contribution in [0.15, 0.2) is 24.3 Å². The molecule has 0 unspecified atom stereocenters. The third-order valence-corrected chi connectivity index (χ3v) is 4.06. The van der Waals surface area contributed by atoms with Gasteiger partial charge in [0.2, 0.25) is 0 Å². The summed E-state index contributed by atoms with van der Waals surface area (Å²) >= 11 is 0. The molecule has 0 spiro atoms. The van der Waals surface area contributed by atoms with Crippen LogP contribution in [0.4, 0.5) is 0 Å². The summed E-state index contributed by atoms with van der Waals surface area (Å²) in [6, 6.07) is 9.04. The molecule has 3 rings (SSSR count). The molecule has 2 heterocycles. The Kier molecular flexibility index (Phi) is 2.95. The van der Waals surface area contributed by atoms with E-state index in [4.69, 9.17) is 9.47 Å². The zero-order valence-corrected chi connectivity index (χ0v) is 11.4. The molecule has 2 fully saturated rings. The molecule has 0 atom stereocenters. The second-order valence-corrected chi connectivity index (χ2v) is 6.78. The highest BCUT2D eigenvalue weighted by atomic mass is 16.5.